The number of ether oxygens (including phenoxy) is 4. The van der Waals surface area contributed by atoms with Gasteiger partial charge in [0.05, 0.1) is 12.2 Å². The molecule has 9 nitrogen and oxygen atoms in total. The van der Waals surface area contributed by atoms with Crippen LogP contribution in [0.1, 0.15) is 48.9 Å². The number of aliphatic hydroxyl groups excluding tert-OH is 4. The monoisotopic (exact) mass is 502 g/mol. The molecule has 4 N–H and O–H groups in total. The Hall–Kier alpha value is -2.69. The fraction of sp³-hybridized carbons (Fsp3) is 0.519. The van der Waals surface area contributed by atoms with Crippen molar-refractivity contribution in [3.05, 3.63) is 58.7 Å². The van der Waals surface area contributed by atoms with Crippen molar-refractivity contribution < 1.29 is 44.2 Å². The normalized spacial score (nSPS) is 26.8. The average molecular weight is 503 g/mol. The molecule has 2 aromatic rings. The Morgan fingerprint density at radius 2 is 1.72 bits per heavy atom. The first-order valence-corrected chi connectivity index (χ1v) is 12.2. The number of benzene rings is 2. The first kappa shape index (κ1) is 26.4. The van der Waals surface area contributed by atoms with Crippen LogP contribution >= 0.6 is 0 Å². The van der Waals surface area contributed by atoms with Crippen LogP contribution in [-0.4, -0.2) is 69.3 Å². The molecule has 2 aliphatic rings. The maximum atomic E-state index is 11.3. The quantitative estimate of drug-likeness (QED) is 0.378. The molecule has 0 amide bonds. The molecule has 0 radical (unpaired) electrons. The van der Waals surface area contributed by atoms with Crippen molar-refractivity contribution in [2.75, 3.05) is 0 Å². The van der Waals surface area contributed by atoms with E-state index in [0.29, 0.717) is 23.8 Å². The van der Waals surface area contributed by atoms with Crippen LogP contribution in [0.15, 0.2) is 36.4 Å². The second-order valence-corrected chi connectivity index (χ2v) is 9.61. The Bertz CT molecular complexity index is 1050. The van der Waals surface area contributed by atoms with Gasteiger partial charge in [-0.2, -0.15) is 0 Å². The molecule has 0 unspecified atom stereocenters. The van der Waals surface area contributed by atoms with Crippen LogP contribution < -0.4 is 9.47 Å². The average Bonchev–Trinajstić information content (AvgIpc) is 3.65. The number of carbonyl (C=O) groups is 1. The molecule has 0 bridgehead atoms. The van der Waals surface area contributed by atoms with Gasteiger partial charge in [-0.05, 0) is 61.6 Å². The molecule has 1 saturated heterocycles. The van der Waals surface area contributed by atoms with E-state index < -0.39 is 42.8 Å². The minimum atomic E-state index is -1.57. The third-order valence-electron chi connectivity index (χ3n) is 6.39. The molecule has 1 heterocycles. The van der Waals surface area contributed by atoms with E-state index in [2.05, 4.69) is 0 Å². The second-order valence-electron chi connectivity index (χ2n) is 9.61. The number of esters is 1. The number of rotatable bonds is 9. The van der Waals surface area contributed by atoms with Crippen LogP contribution in [0, 0.1) is 6.92 Å². The summed E-state index contributed by atoms with van der Waals surface area (Å²) in [5.74, 6) is 0.768. The summed E-state index contributed by atoms with van der Waals surface area (Å²) in [6.07, 6.45) is -5.25. The predicted octanol–water partition coefficient (Wildman–Crippen LogP) is 1.76. The topological polar surface area (TPSA) is 135 Å². The van der Waals surface area contributed by atoms with Gasteiger partial charge in [-0.3, -0.25) is 4.79 Å². The number of aryl methyl sites for hydroxylation is 1. The summed E-state index contributed by atoms with van der Waals surface area (Å²) in [5.41, 5.74) is 3.35. The van der Waals surface area contributed by atoms with Gasteiger partial charge in [0.1, 0.15) is 42.5 Å². The third kappa shape index (κ3) is 6.35. The van der Waals surface area contributed by atoms with Gasteiger partial charge in [0, 0.05) is 18.9 Å². The summed E-state index contributed by atoms with van der Waals surface area (Å²) in [4.78, 5) is 11.3. The molecule has 1 saturated carbocycles. The van der Waals surface area contributed by atoms with Gasteiger partial charge < -0.3 is 39.4 Å². The molecule has 0 spiro atoms. The van der Waals surface area contributed by atoms with Crippen molar-refractivity contribution in [3.63, 3.8) is 0 Å². The SMILES string of the molecule is CC(=O)OCc1cc(C)c(Cc2ccc(OC3CC3)cc2)c(O[C@@H]2O[C@H]([C@@H](C)O)[C@@H](O)[C@H](O)[C@H]2O)c1. The van der Waals surface area contributed by atoms with Gasteiger partial charge in [0.15, 0.2) is 0 Å². The lowest BCUT2D eigenvalue weighted by Crippen LogP contribution is -2.61. The summed E-state index contributed by atoms with van der Waals surface area (Å²) in [6.45, 7) is 4.68. The Morgan fingerprint density at radius 1 is 1.03 bits per heavy atom. The molecule has 6 atom stereocenters. The Morgan fingerprint density at radius 3 is 2.33 bits per heavy atom. The zero-order valence-electron chi connectivity index (χ0n) is 20.7. The number of aliphatic hydroxyl groups is 4. The lowest BCUT2D eigenvalue weighted by atomic mass is 9.95. The van der Waals surface area contributed by atoms with E-state index in [9.17, 15) is 25.2 Å². The molecule has 9 heteroatoms. The van der Waals surface area contributed by atoms with Gasteiger partial charge in [-0.15, -0.1) is 0 Å². The highest BCUT2D eigenvalue weighted by Crippen LogP contribution is 2.33. The van der Waals surface area contributed by atoms with E-state index in [1.165, 1.54) is 13.8 Å². The zero-order chi connectivity index (χ0) is 26.0. The number of hydrogen-bond donors (Lipinski definition) is 4. The second kappa shape index (κ2) is 11.1. The van der Waals surface area contributed by atoms with Crippen LogP contribution in [0.4, 0.5) is 0 Å². The fourth-order valence-corrected chi connectivity index (χ4v) is 4.22. The van der Waals surface area contributed by atoms with E-state index in [1.54, 1.807) is 6.07 Å². The van der Waals surface area contributed by atoms with Crippen molar-refractivity contribution in [2.45, 2.75) is 89.6 Å². The minimum absolute atomic E-state index is 0.0335. The van der Waals surface area contributed by atoms with E-state index in [4.69, 9.17) is 18.9 Å². The van der Waals surface area contributed by atoms with Gasteiger partial charge in [0.2, 0.25) is 6.29 Å². The standard InChI is InChI=1S/C27H34O9/c1-14-10-18(13-33-16(3)29)12-22(35-27-25(32)23(30)24(31)26(36-27)15(2)28)21(14)11-17-4-6-19(7-5-17)34-20-8-9-20/h4-7,10,12,15,20,23-28,30-32H,8-9,11,13H2,1-3H3/t15-,23+,24+,25-,26-,27-/m1/s1. The molecule has 4 rings (SSSR count). The van der Waals surface area contributed by atoms with Crippen molar-refractivity contribution >= 4 is 5.97 Å². The summed E-state index contributed by atoms with van der Waals surface area (Å²) >= 11 is 0. The maximum absolute atomic E-state index is 11.3. The van der Waals surface area contributed by atoms with Gasteiger partial charge in [-0.25, -0.2) is 0 Å². The first-order valence-electron chi connectivity index (χ1n) is 12.2. The van der Waals surface area contributed by atoms with Crippen LogP contribution in [0.5, 0.6) is 11.5 Å². The first-order chi connectivity index (χ1) is 17.1. The Balaban J connectivity index is 1.61. The molecular formula is C27H34O9. The largest absolute Gasteiger partial charge is 0.490 e. The van der Waals surface area contributed by atoms with E-state index >= 15 is 0 Å². The van der Waals surface area contributed by atoms with E-state index in [-0.39, 0.29) is 6.61 Å². The summed E-state index contributed by atoms with van der Waals surface area (Å²) < 4.78 is 22.7. The molecule has 1 aliphatic carbocycles. The van der Waals surface area contributed by atoms with Crippen molar-refractivity contribution in [1.29, 1.82) is 0 Å². The van der Waals surface area contributed by atoms with Crippen molar-refractivity contribution in [2.24, 2.45) is 0 Å². The highest BCUT2D eigenvalue weighted by molar-refractivity contribution is 5.66. The van der Waals surface area contributed by atoms with E-state index in [1.807, 2.05) is 37.3 Å². The minimum Gasteiger partial charge on any atom is -0.490 e. The molecule has 1 aliphatic heterocycles. The highest BCUT2D eigenvalue weighted by Gasteiger charge is 2.46. The van der Waals surface area contributed by atoms with Crippen LogP contribution in [0.2, 0.25) is 0 Å². The summed E-state index contributed by atoms with van der Waals surface area (Å²) in [5, 5.41) is 41.0. The lowest BCUT2D eigenvalue weighted by Gasteiger charge is -2.41. The molecular weight excluding hydrogens is 468 g/mol. The van der Waals surface area contributed by atoms with Crippen molar-refractivity contribution in [3.8, 4) is 11.5 Å². The van der Waals surface area contributed by atoms with Gasteiger partial charge in [-0.1, -0.05) is 18.2 Å². The van der Waals surface area contributed by atoms with Crippen LogP contribution in [0.25, 0.3) is 0 Å². The van der Waals surface area contributed by atoms with E-state index in [0.717, 1.165) is 35.3 Å². The molecule has 0 aromatic heterocycles. The van der Waals surface area contributed by atoms with Gasteiger partial charge >= 0.3 is 5.97 Å². The summed E-state index contributed by atoms with van der Waals surface area (Å²) in [7, 11) is 0. The molecule has 2 fully saturated rings. The van der Waals surface area contributed by atoms with Gasteiger partial charge in [0.25, 0.3) is 0 Å². The van der Waals surface area contributed by atoms with Crippen LogP contribution in [-0.2, 0) is 27.3 Å². The third-order valence-corrected chi connectivity index (χ3v) is 6.39. The zero-order valence-corrected chi connectivity index (χ0v) is 20.7. The highest BCUT2D eigenvalue weighted by atomic mass is 16.7. The molecule has 2 aromatic carbocycles. The van der Waals surface area contributed by atoms with Crippen LogP contribution in [0.3, 0.4) is 0 Å². The maximum Gasteiger partial charge on any atom is 0.302 e. The smallest absolute Gasteiger partial charge is 0.302 e. The Kier molecular flexibility index (Phi) is 8.17. The van der Waals surface area contributed by atoms with Crippen molar-refractivity contribution in [1.82, 2.24) is 0 Å². The number of hydrogen-bond acceptors (Lipinski definition) is 9. The Labute approximate surface area is 210 Å². The number of carbonyl (C=O) groups excluding carboxylic acids is 1. The summed E-state index contributed by atoms with van der Waals surface area (Å²) in [6, 6.07) is 11.4. The molecule has 36 heavy (non-hydrogen) atoms. The molecule has 196 valence electrons. The lowest BCUT2D eigenvalue weighted by molar-refractivity contribution is -0.286. The fourth-order valence-electron chi connectivity index (χ4n) is 4.22. The predicted molar refractivity (Wildman–Crippen MR) is 129 cm³/mol.